The van der Waals surface area contributed by atoms with Crippen LogP contribution in [0.3, 0.4) is 0 Å². The van der Waals surface area contributed by atoms with Gasteiger partial charge in [0.15, 0.2) is 6.29 Å². The number of rotatable bonds is 10. The van der Waals surface area contributed by atoms with Crippen LogP contribution in [0, 0.1) is 0 Å². The van der Waals surface area contributed by atoms with Crippen molar-refractivity contribution in [1.29, 1.82) is 0 Å². The quantitative estimate of drug-likeness (QED) is 0.586. The van der Waals surface area contributed by atoms with E-state index in [4.69, 9.17) is 18.9 Å². The minimum absolute atomic E-state index is 0.254. The molecule has 1 unspecified atom stereocenters. The van der Waals surface area contributed by atoms with Crippen LogP contribution in [0.15, 0.2) is 48.5 Å². The monoisotopic (exact) mass is 330 g/mol. The first kappa shape index (κ1) is 18.1. The molecule has 0 saturated heterocycles. The van der Waals surface area contributed by atoms with Crippen molar-refractivity contribution < 1.29 is 18.9 Å². The summed E-state index contributed by atoms with van der Waals surface area (Å²) in [6, 6.07) is 15.5. The smallest absolute Gasteiger partial charge is 0.196 e. The van der Waals surface area contributed by atoms with Gasteiger partial charge >= 0.3 is 0 Å². The molecule has 2 rings (SSSR count). The summed E-state index contributed by atoms with van der Waals surface area (Å²) in [7, 11) is 0. The molecular formula is C20H26O4. The summed E-state index contributed by atoms with van der Waals surface area (Å²) in [6.45, 7) is 7.80. The van der Waals surface area contributed by atoms with Crippen LogP contribution in [-0.2, 0) is 11.3 Å². The summed E-state index contributed by atoms with van der Waals surface area (Å²) in [5, 5.41) is 0. The highest BCUT2D eigenvalue weighted by Gasteiger charge is 2.03. The molecule has 24 heavy (non-hydrogen) atoms. The van der Waals surface area contributed by atoms with Crippen molar-refractivity contribution in [3.05, 3.63) is 54.1 Å². The Balaban J connectivity index is 1.81. The van der Waals surface area contributed by atoms with E-state index < -0.39 is 0 Å². The number of benzene rings is 2. The first-order valence-corrected chi connectivity index (χ1v) is 8.44. The molecule has 2 aromatic carbocycles. The maximum atomic E-state index is 5.79. The molecule has 0 radical (unpaired) electrons. The third kappa shape index (κ3) is 6.13. The Morgan fingerprint density at radius 2 is 1.38 bits per heavy atom. The van der Waals surface area contributed by atoms with Gasteiger partial charge in [-0.1, -0.05) is 19.1 Å². The third-order valence-electron chi connectivity index (χ3n) is 3.33. The second kappa shape index (κ2) is 9.83. The van der Waals surface area contributed by atoms with Gasteiger partial charge in [-0.3, -0.25) is 0 Å². The van der Waals surface area contributed by atoms with Crippen LogP contribution in [-0.4, -0.2) is 19.5 Å². The Morgan fingerprint density at radius 1 is 0.792 bits per heavy atom. The first-order valence-electron chi connectivity index (χ1n) is 8.44. The molecule has 0 aromatic heterocycles. The Bertz CT molecular complexity index is 578. The van der Waals surface area contributed by atoms with Crippen molar-refractivity contribution in [2.24, 2.45) is 0 Å². The van der Waals surface area contributed by atoms with E-state index in [1.165, 1.54) is 0 Å². The molecule has 0 bridgehead atoms. The van der Waals surface area contributed by atoms with Gasteiger partial charge in [-0.15, -0.1) is 0 Å². The predicted octanol–water partition coefficient (Wildman–Crippen LogP) is 4.82. The summed E-state index contributed by atoms with van der Waals surface area (Å²) in [6.07, 6.45) is 0.753. The Hall–Kier alpha value is -2.20. The molecule has 0 aliphatic rings. The van der Waals surface area contributed by atoms with Crippen LogP contribution >= 0.6 is 0 Å². The zero-order valence-electron chi connectivity index (χ0n) is 14.7. The summed E-state index contributed by atoms with van der Waals surface area (Å²) in [4.78, 5) is 0. The average Bonchev–Trinajstić information content (AvgIpc) is 2.60. The molecule has 2 aromatic rings. The van der Waals surface area contributed by atoms with Crippen LogP contribution in [0.1, 0.15) is 32.8 Å². The van der Waals surface area contributed by atoms with Crippen molar-refractivity contribution in [1.82, 2.24) is 0 Å². The van der Waals surface area contributed by atoms with Crippen LogP contribution in [0.5, 0.6) is 17.2 Å². The van der Waals surface area contributed by atoms with Gasteiger partial charge in [-0.05, 0) is 62.2 Å². The van der Waals surface area contributed by atoms with Crippen LogP contribution < -0.4 is 14.2 Å². The third-order valence-corrected chi connectivity index (χ3v) is 3.33. The molecule has 0 heterocycles. The summed E-state index contributed by atoms with van der Waals surface area (Å²) in [5.74, 6) is 2.46. The van der Waals surface area contributed by atoms with Crippen LogP contribution in [0.4, 0.5) is 0 Å². The van der Waals surface area contributed by atoms with E-state index in [1.54, 1.807) is 0 Å². The Morgan fingerprint density at radius 3 is 2.00 bits per heavy atom. The van der Waals surface area contributed by atoms with E-state index in [2.05, 4.69) is 6.92 Å². The van der Waals surface area contributed by atoms with Gasteiger partial charge in [0, 0.05) is 6.61 Å². The van der Waals surface area contributed by atoms with E-state index in [-0.39, 0.29) is 6.29 Å². The van der Waals surface area contributed by atoms with E-state index in [0.717, 1.165) is 35.8 Å². The highest BCUT2D eigenvalue weighted by molar-refractivity contribution is 5.32. The minimum Gasteiger partial charge on any atom is -0.494 e. The molecule has 0 amide bonds. The summed E-state index contributed by atoms with van der Waals surface area (Å²) >= 11 is 0. The maximum absolute atomic E-state index is 5.79. The predicted molar refractivity (Wildman–Crippen MR) is 94.7 cm³/mol. The lowest BCUT2D eigenvalue weighted by Gasteiger charge is -2.14. The molecule has 0 aliphatic heterocycles. The van der Waals surface area contributed by atoms with Gasteiger partial charge in [0.05, 0.1) is 6.61 Å². The lowest BCUT2D eigenvalue weighted by Crippen LogP contribution is -2.15. The minimum atomic E-state index is -0.254. The molecule has 0 spiro atoms. The Kier molecular flexibility index (Phi) is 7.43. The second-order valence-corrected chi connectivity index (χ2v) is 5.39. The fraction of sp³-hybridized carbons (Fsp3) is 0.400. The number of ether oxygens (including phenoxy) is 4. The van der Waals surface area contributed by atoms with Gasteiger partial charge in [-0.2, -0.15) is 0 Å². The molecule has 0 fully saturated rings. The SMILES string of the molecule is CCCOc1ccc(COc2ccc(OC(C)OCC)cc2)cc1. The van der Waals surface area contributed by atoms with Crippen molar-refractivity contribution in [3.63, 3.8) is 0 Å². The molecule has 1 atom stereocenters. The fourth-order valence-corrected chi connectivity index (χ4v) is 2.14. The van der Waals surface area contributed by atoms with E-state index in [9.17, 15) is 0 Å². The largest absolute Gasteiger partial charge is 0.494 e. The van der Waals surface area contributed by atoms with E-state index in [0.29, 0.717) is 13.2 Å². The van der Waals surface area contributed by atoms with Crippen molar-refractivity contribution in [2.75, 3.05) is 13.2 Å². The topological polar surface area (TPSA) is 36.9 Å². The van der Waals surface area contributed by atoms with Crippen molar-refractivity contribution in [3.8, 4) is 17.2 Å². The highest BCUT2D eigenvalue weighted by Crippen LogP contribution is 2.20. The highest BCUT2D eigenvalue weighted by atomic mass is 16.7. The first-order chi connectivity index (χ1) is 11.7. The lowest BCUT2D eigenvalue weighted by atomic mass is 10.2. The molecule has 4 heteroatoms. The van der Waals surface area contributed by atoms with E-state index in [1.807, 2.05) is 62.4 Å². The van der Waals surface area contributed by atoms with Gasteiger partial charge in [0.25, 0.3) is 0 Å². The van der Waals surface area contributed by atoms with E-state index >= 15 is 0 Å². The standard InChI is InChI=1S/C20H26O4/c1-4-14-22-18-8-6-17(7-9-18)15-23-19-10-12-20(13-11-19)24-16(3)21-5-2/h6-13,16H,4-5,14-15H2,1-3H3. The molecule has 0 aliphatic carbocycles. The van der Waals surface area contributed by atoms with Gasteiger partial charge in [0.2, 0.25) is 0 Å². The van der Waals surface area contributed by atoms with Gasteiger partial charge < -0.3 is 18.9 Å². The summed E-state index contributed by atoms with van der Waals surface area (Å²) < 4.78 is 22.3. The van der Waals surface area contributed by atoms with Crippen molar-refractivity contribution >= 4 is 0 Å². The lowest BCUT2D eigenvalue weighted by molar-refractivity contribution is -0.0613. The molecule has 0 saturated carbocycles. The molecule has 4 nitrogen and oxygen atoms in total. The molecular weight excluding hydrogens is 304 g/mol. The maximum Gasteiger partial charge on any atom is 0.196 e. The molecule has 130 valence electrons. The number of hydrogen-bond acceptors (Lipinski definition) is 4. The zero-order valence-corrected chi connectivity index (χ0v) is 14.7. The normalized spacial score (nSPS) is 11.8. The Labute approximate surface area is 144 Å². The number of hydrogen-bond donors (Lipinski definition) is 0. The zero-order chi connectivity index (χ0) is 17.2. The van der Waals surface area contributed by atoms with Gasteiger partial charge in [-0.25, -0.2) is 0 Å². The average molecular weight is 330 g/mol. The van der Waals surface area contributed by atoms with Gasteiger partial charge in [0.1, 0.15) is 23.9 Å². The fourth-order valence-electron chi connectivity index (χ4n) is 2.14. The van der Waals surface area contributed by atoms with Crippen LogP contribution in [0.25, 0.3) is 0 Å². The summed E-state index contributed by atoms with van der Waals surface area (Å²) in [5.41, 5.74) is 1.10. The molecule has 0 N–H and O–H groups in total. The second-order valence-electron chi connectivity index (χ2n) is 5.39. The van der Waals surface area contributed by atoms with Crippen molar-refractivity contribution in [2.45, 2.75) is 40.1 Å². The van der Waals surface area contributed by atoms with Crippen LogP contribution in [0.2, 0.25) is 0 Å².